The Bertz CT molecular complexity index is 247. The Labute approximate surface area is 101 Å². The normalized spacial score (nSPS) is 26.6. The van der Waals surface area contributed by atoms with E-state index in [0.717, 1.165) is 11.8 Å². The van der Waals surface area contributed by atoms with Gasteiger partial charge < -0.3 is 0 Å². The zero-order chi connectivity index (χ0) is 9.10. The molecule has 0 heterocycles. The molecule has 76 valence electrons. The second-order valence-electron chi connectivity index (χ2n) is 4.37. The van der Waals surface area contributed by atoms with E-state index in [0.29, 0.717) is 0 Å². The fourth-order valence-corrected chi connectivity index (χ4v) is 2.32. The van der Waals surface area contributed by atoms with Gasteiger partial charge >= 0.3 is 0 Å². The first kappa shape index (κ1) is 12.0. The molecule has 1 aromatic carbocycles. The fourth-order valence-electron chi connectivity index (χ4n) is 2.32. The molecule has 0 N–H and O–H groups in total. The molecule has 1 aliphatic rings. The van der Waals surface area contributed by atoms with Crippen LogP contribution in [0.15, 0.2) is 30.3 Å². The molecule has 0 bridgehead atoms. The molecular weight excluding hydrogens is 340 g/mol. The van der Waals surface area contributed by atoms with Gasteiger partial charge in [0.15, 0.2) is 0 Å². The summed E-state index contributed by atoms with van der Waals surface area (Å²) in [6, 6.07) is 11.0. The van der Waals surface area contributed by atoms with Gasteiger partial charge in [0.25, 0.3) is 0 Å². The van der Waals surface area contributed by atoms with Gasteiger partial charge in [-0.25, -0.2) is 0 Å². The molecule has 0 spiro atoms. The average Bonchev–Trinajstić information content (AvgIpc) is 2.20. The van der Waals surface area contributed by atoms with Crippen molar-refractivity contribution < 1.29 is 21.1 Å². The summed E-state index contributed by atoms with van der Waals surface area (Å²) >= 11 is 0. The Kier molecular flexibility index (Phi) is 4.88. The van der Waals surface area contributed by atoms with Crippen molar-refractivity contribution in [1.29, 1.82) is 0 Å². The fraction of sp³-hybridized carbons (Fsp3) is 0.538. The van der Waals surface area contributed by atoms with Crippen LogP contribution in [-0.4, -0.2) is 0 Å². The summed E-state index contributed by atoms with van der Waals surface area (Å²) < 4.78 is 0. The number of hydrogen-bond donors (Lipinski definition) is 0. The number of benzene rings is 1. The summed E-state index contributed by atoms with van der Waals surface area (Å²) in [5.74, 6) is 1.80. The van der Waals surface area contributed by atoms with E-state index in [1.165, 1.54) is 25.7 Å². The Morgan fingerprint density at radius 1 is 0.929 bits per heavy atom. The van der Waals surface area contributed by atoms with Gasteiger partial charge in [-0.3, -0.25) is 0 Å². The van der Waals surface area contributed by atoms with E-state index in [9.17, 15) is 0 Å². The van der Waals surface area contributed by atoms with Gasteiger partial charge in [-0.05, 0) is 30.2 Å². The quantitative estimate of drug-likeness (QED) is 0.713. The zero-order valence-corrected chi connectivity index (χ0v) is 11.7. The van der Waals surface area contributed by atoms with Crippen molar-refractivity contribution in [2.45, 2.75) is 38.5 Å². The van der Waals surface area contributed by atoms with Crippen LogP contribution >= 0.6 is 0 Å². The largest absolute Gasteiger partial charge is 0.0625 e. The Balaban J connectivity index is 0.000000980. The van der Waals surface area contributed by atoms with Crippen LogP contribution in [0.2, 0.25) is 0 Å². The molecule has 0 radical (unpaired) electrons. The van der Waals surface area contributed by atoms with E-state index in [1.807, 2.05) is 0 Å². The Morgan fingerprint density at radius 2 is 1.50 bits per heavy atom. The number of hydrogen-bond acceptors (Lipinski definition) is 0. The van der Waals surface area contributed by atoms with Crippen molar-refractivity contribution in [2.75, 3.05) is 0 Å². The molecule has 0 amide bonds. The molecule has 1 aliphatic carbocycles. The third kappa shape index (κ3) is 2.95. The second kappa shape index (κ2) is 5.71. The minimum atomic E-state index is 0. The molecule has 0 nitrogen and oxygen atoms in total. The summed E-state index contributed by atoms with van der Waals surface area (Å²) in [4.78, 5) is 0. The van der Waals surface area contributed by atoms with Gasteiger partial charge in [-0.1, -0.05) is 50.1 Å². The smallest absolute Gasteiger partial charge is 0 e. The van der Waals surface area contributed by atoms with Gasteiger partial charge in [0.1, 0.15) is 0 Å². The molecule has 1 fully saturated rings. The standard InChI is InChI=1S/C13H18.W/c1-11-7-9-13(10-8-11)12-5-3-2-4-6-12;/h2-6,11,13H,7-10H2,1H3;. The maximum atomic E-state index is 2.38. The van der Waals surface area contributed by atoms with Crippen molar-refractivity contribution in [3.63, 3.8) is 0 Å². The Hall–Kier alpha value is -0.0917. The summed E-state index contributed by atoms with van der Waals surface area (Å²) in [6.45, 7) is 2.38. The molecule has 1 aromatic rings. The minimum absolute atomic E-state index is 0. The summed E-state index contributed by atoms with van der Waals surface area (Å²) in [5.41, 5.74) is 1.55. The van der Waals surface area contributed by atoms with Crippen LogP contribution in [0.5, 0.6) is 0 Å². The summed E-state index contributed by atoms with van der Waals surface area (Å²) in [5, 5.41) is 0. The van der Waals surface area contributed by atoms with Gasteiger partial charge in [-0.15, -0.1) is 0 Å². The van der Waals surface area contributed by atoms with Gasteiger partial charge in [0, 0.05) is 21.1 Å². The van der Waals surface area contributed by atoms with E-state index in [2.05, 4.69) is 37.3 Å². The summed E-state index contributed by atoms with van der Waals surface area (Å²) in [6.07, 6.45) is 5.62. The zero-order valence-electron chi connectivity index (χ0n) is 8.78. The van der Waals surface area contributed by atoms with E-state index in [4.69, 9.17) is 0 Å². The van der Waals surface area contributed by atoms with Crippen LogP contribution in [-0.2, 0) is 21.1 Å². The maximum absolute atomic E-state index is 2.38. The molecule has 1 heteroatoms. The molecular formula is C13H18W. The third-order valence-corrected chi connectivity index (χ3v) is 3.29. The third-order valence-electron chi connectivity index (χ3n) is 3.29. The molecule has 2 rings (SSSR count). The topological polar surface area (TPSA) is 0 Å². The molecule has 0 aromatic heterocycles. The van der Waals surface area contributed by atoms with E-state index in [-0.39, 0.29) is 21.1 Å². The van der Waals surface area contributed by atoms with Gasteiger partial charge in [0.05, 0.1) is 0 Å². The van der Waals surface area contributed by atoms with Crippen LogP contribution in [0, 0.1) is 5.92 Å². The van der Waals surface area contributed by atoms with E-state index < -0.39 is 0 Å². The first-order chi connectivity index (χ1) is 6.36. The van der Waals surface area contributed by atoms with Gasteiger partial charge in [0.2, 0.25) is 0 Å². The van der Waals surface area contributed by atoms with Crippen molar-refractivity contribution in [3.05, 3.63) is 35.9 Å². The minimum Gasteiger partial charge on any atom is -0.0625 e. The molecule has 1 saturated carbocycles. The van der Waals surface area contributed by atoms with Gasteiger partial charge in [-0.2, -0.15) is 0 Å². The molecule has 0 unspecified atom stereocenters. The monoisotopic (exact) mass is 358 g/mol. The molecule has 0 saturated heterocycles. The number of rotatable bonds is 1. The van der Waals surface area contributed by atoms with E-state index >= 15 is 0 Å². The molecule has 0 atom stereocenters. The predicted octanol–water partition coefficient (Wildman–Crippen LogP) is 3.98. The van der Waals surface area contributed by atoms with Crippen molar-refractivity contribution in [1.82, 2.24) is 0 Å². The van der Waals surface area contributed by atoms with Crippen LogP contribution < -0.4 is 0 Å². The van der Waals surface area contributed by atoms with Crippen LogP contribution in [0.4, 0.5) is 0 Å². The second-order valence-corrected chi connectivity index (χ2v) is 4.37. The van der Waals surface area contributed by atoms with Crippen molar-refractivity contribution >= 4 is 0 Å². The van der Waals surface area contributed by atoms with Crippen LogP contribution in [0.25, 0.3) is 0 Å². The van der Waals surface area contributed by atoms with Crippen LogP contribution in [0.3, 0.4) is 0 Å². The molecule has 0 aliphatic heterocycles. The first-order valence-electron chi connectivity index (χ1n) is 5.41. The van der Waals surface area contributed by atoms with Crippen molar-refractivity contribution in [2.24, 2.45) is 5.92 Å². The predicted molar refractivity (Wildman–Crippen MR) is 56.8 cm³/mol. The van der Waals surface area contributed by atoms with E-state index in [1.54, 1.807) is 5.56 Å². The Morgan fingerprint density at radius 3 is 2.07 bits per heavy atom. The van der Waals surface area contributed by atoms with Crippen molar-refractivity contribution in [3.8, 4) is 0 Å². The summed E-state index contributed by atoms with van der Waals surface area (Å²) in [7, 11) is 0. The molecule has 14 heavy (non-hydrogen) atoms. The first-order valence-corrected chi connectivity index (χ1v) is 5.41. The van der Waals surface area contributed by atoms with Crippen LogP contribution in [0.1, 0.15) is 44.1 Å². The SMILES string of the molecule is CC1CCC(c2ccccc2)CC1.[W]. The maximum Gasteiger partial charge on any atom is 0 e. The average molecular weight is 358 g/mol.